The lowest BCUT2D eigenvalue weighted by Crippen LogP contribution is -2.47. The Hall–Kier alpha value is -1.60. The molecule has 1 fully saturated rings. The molecule has 0 aromatic carbocycles. The highest BCUT2D eigenvalue weighted by molar-refractivity contribution is 5.51. The largest absolute Gasteiger partial charge is 0.301 e. The molecular formula is C14H20N4. The molecule has 0 bridgehead atoms. The van der Waals surface area contributed by atoms with Gasteiger partial charge in [-0.25, -0.2) is 9.99 Å². The summed E-state index contributed by atoms with van der Waals surface area (Å²) in [6, 6.07) is 6.83. The number of pyridine rings is 1. The van der Waals surface area contributed by atoms with E-state index in [0.717, 1.165) is 5.69 Å². The van der Waals surface area contributed by atoms with Gasteiger partial charge in [-0.3, -0.25) is 0 Å². The summed E-state index contributed by atoms with van der Waals surface area (Å²) in [7, 11) is 0. The van der Waals surface area contributed by atoms with E-state index in [1.54, 1.807) is 0 Å². The molecule has 1 aromatic heterocycles. The second-order valence-corrected chi connectivity index (χ2v) is 5.11. The molecule has 0 amide bonds. The third-order valence-corrected chi connectivity index (χ3v) is 3.58. The molecule has 0 aliphatic carbocycles. The zero-order valence-electron chi connectivity index (χ0n) is 11.3. The lowest BCUT2D eigenvalue weighted by Gasteiger charge is -2.39. The summed E-state index contributed by atoms with van der Waals surface area (Å²) in [5.41, 5.74) is 4.87. The Kier molecular flexibility index (Phi) is 3.83. The van der Waals surface area contributed by atoms with Crippen molar-refractivity contribution < 1.29 is 0 Å². The van der Waals surface area contributed by atoms with Gasteiger partial charge in [-0.05, 0) is 45.7 Å². The first kappa shape index (κ1) is 12.8. The fourth-order valence-corrected chi connectivity index (χ4v) is 2.50. The van der Waals surface area contributed by atoms with Crippen molar-refractivity contribution in [1.82, 2.24) is 9.99 Å². The van der Waals surface area contributed by atoms with E-state index >= 15 is 0 Å². The first-order chi connectivity index (χ1) is 8.61. The molecule has 2 atom stereocenters. The molecule has 96 valence electrons. The number of hydrogen-bond donors (Lipinski definition) is 1. The topological polar surface area (TPSA) is 52.0 Å². The normalized spacial score (nSPS) is 24.6. The summed E-state index contributed by atoms with van der Waals surface area (Å²) < 4.78 is 0. The first-order valence-electron chi connectivity index (χ1n) is 6.54. The van der Waals surface area contributed by atoms with Gasteiger partial charge in [0.05, 0.1) is 5.56 Å². The van der Waals surface area contributed by atoms with E-state index in [1.165, 1.54) is 19.3 Å². The molecule has 0 radical (unpaired) electrons. The molecule has 1 N–H and O–H groups in total. The Morgan fingerprint density at radius 3 is 2.61 bits per heavy atom. The Bertz CT molecular complexity index is 453. The van der Waals surface area contributed by atoms with Gasteiger partial charge < -0.3 is 5.43 Å². The van der Waals surface area contributed by atoms with Gasteiger partial charge in [-0.2, -0.15) is 5.26 Å². The van der Waals surface area contributed by atoms with Crippen molar-refractivity contribution in [2.24, 2.45) is 0 Å². The van der Waals surface area contributed by atoms with Crippen LogP contribution in [0.3, 0.4) is 0 Å². The van der Waals surface area contributed by atoms with E-state index in [9.17, 15) is 0 Å². The summed E-state index contributed by atoms with van der Waals surface area (Å²) >= 11 is 0. The zero-order valence-corrected chi connectivity index (χ0v) is 11.3. The van der Waals surface area contributed by atoms with Gasteiger partial charge in [0.1, 0.15) is 6.07 Å². The van der Waals surface area contributed by atoms with E-state index in [1.807, 2.05) is 19.1 Å². The van der Waals surface area contributed by atoms with Gasteiger partial charge in [-0.15, -0.1) is 0 Å². The smallest absolute Gasteiger partial charge is 0.158 e. The van der Waals surface area contributed by atoms with E-state index in [0.29, 0.717) is 23.5 Å². The number of aromatic nitrogens is 1. The molecule has 0 spiro atoms. The van der Waals surface area contributed by atoms with Crippen LogP contribution in [0.15, 0.2) is 12.1 Å². The van der Waals surface area contributed by atoms with Crippen LogP contribution in [0.5, 0.6) is 0 Å². The highest BCUT2D eigenvalue weighted by Gasteiger charge is 2.25. The summed E-state index contributed by atoms with van der Waals surface area (Å²) in [6.45, 7) is 6.37. The third kappa shape index (κ3) is 2.62. The van der Waals surface area contributed by atoms with Crippen LogP contribution >= 0.6 is 0 Å². The van der Waals surface area contributed by atoms with Crippen LogP contribution in [0, 0.1) is 18.3 Å². The van der Waals surface area contributed by atoms with E-state index in [-0.39, 0.29) is 0 Å². The lowest BCUT2D eigenvalue weighted by atomic mass is 10.00. The van der Waals surface area contributed by atoms with Crippen molar-refractivity contribution >= 4 is 5.82 Å². The fraction of sp³-hybridized carbons (Fsp3) is 0.571. The first-order valence-corrected chi connectivity index (χ1v) is 6.54. The third-order valence-electron chi connectivity index (χ3n) is 3.58. The molecule has 1 aromatic rings. The van der Waals surface area contributed by atoms with Crippen molar-refractivity contribution in [3.05, 3.63) is 23.4 Å². The Morgan fingerprint density at radius 1 is 1.33 bits per heavy atom. The van der Waals surface area contributed by atoms with E-state index < -0.39 is 0 Å². The molecule has 18 heavy (non-hydrogen) atoms. The number of aryl methyl sites for hydroxylation is 1. The molecule has 0 saturated carbocycles. The minimum atomic E-state index is 0.475. The van der Waals surface area contributed by atoms with Crippen molar-refractivity contribution in [3.8, 4) is 6.07 Å². The SMILES string of the molecule is Cc1ccc(C#N)c(NN2C(C)CCCC2C)n1. The number of nitrogens with one attached hydrogen (secondary N) is 1. The molecule has 4 heteroatoms. The summed E-state index contributed by atoms with van der Waals surface area (Å²) in [5.74, 6) is 0.679. The van der Waals surface area contributed by atoms with Crippen LogP contribution in [0.4, 0.5) is 5.82 Å². The molecule has 2 unspecified atom stereocenters. The van der Waals surface area contributed by atoms with Gasteiger partial charge in [-0.1, -0.05) is 6.42 Å². The Balaban J connectivity index is 2.22. The minimum Gasteiger partial charge on any atom is -0.301 e. The van der Waals surface area contributed by atoms with Crippen LogP contribution in [-0.4, -0.2) is 22.1 Å². The highest BCUT2D eigenvalue weighted by Crippen LogP contribution is 2.24. The van der Waals surface area contributed by atoms with Crippen molar-refractivity contribution in [2.75, 3.05) is 5.43 Å². The predicted molar refractivity (Wildman–Crippen MR) is 71.9 cm³/mol. The van der Waals surface area contributed by atoms with Gasteiger partial charge >= 0.3 is 0 Å². The second kappa shape index (κ2) is 5.36. The highest BCUT2D eigenvalue weighted by atomic mass is 15.5. The van der Waals surface area contributed by atoms with Crippen LogP contribution < -0.4 is 5.43 Å². The molecule has 4 nitrogen and oxygen atoms in total. The van der Waals surface area contributed by atoms with Crippen LogP contribution in [0.2, 0.25) is 0 Å². The minimum absolute atomic E-state index is 0.475. The van der Waals surface area contributed by atoms with Crippen LogP contribution in [0.1, 0.15) is 44.4 Å². The van der Waals surface area contributed by atoms with Crippen molar-refractivity contribution in [3.63, 3.8) is 0 Å². The maximum atomic E-state index is 9.12. The average molecular weight is 244 g/mol. The van der Waals surface area contributed by atoms with Gasteiger partial charge in [0.2, 0.25) is 0 Å². The van der Waals surface area contributed by atoms with Gasteiger partial charge in [0.15, 0.2) is 5.82 Å². The number of anilines is 1. The molecule has 2 rings (SSSR count). The Labute approximate surface area is 109 Å². The van der Waals surface area contributed by atoms with Crippen LogP contribution in [0.25, 0.3) is 0 Å². The number of hydrogen-bond acceptors (Lipinski definition) is 4. The Morgan fingerprint density at radius 2 is 2.00 bits per heavy atom. The van der Waals surface area contributed by atoms with Gasteiger partial charge in [0.25, 0.3) is 0 Å². The summed E-state index contributed by atoms with van der Waals surface area (Å²) in [6.07, 6.45) is 3.64. The van der Waals surface area contributed by atoms with Crippen molar-refractivity contribution in [2.45, 2.75) is 52.1 Å². The van der Waals surface area contributed by atoms with Crippen molar-refractivity contribution in [1.29, 1.82) is 5.26 Å². The number of nitriles is 1. The zero-order chi connectivity index (χ0) is 13.1. The van der Waals surface area contributed by atoms with Crippen LogP contribution in [-0.2, 0) is 0 Å². The molecule has 1 aliphatic rings. The van der Waals surface area contributed by atoms with Gasteiger partial charge in [0, 0.05) is 17.8 Å². The lowest BCUT2D eigenvalue weighted by molar-refractivity contribution is 0.135. The maximum absolute atomic E-state index is 9.12. The molecule has 1 saturated heterocycles. The number of hydrazine groups is 1. The maximum Gasteiger partial charge on any atom is 0.158 e. The average Bonchev–Trinajstić information content (AvgIpc) is 2.34. The fourth-order valence-electron chi connectivity index (χ4n) is 2.50. The molecule has 2 heterocycles. The molecular weight excluding hydrogens is 224 g/mol. The second-order valence-electron chi connectivity index (χ2n) is 5.11. The predicted octanol–water partition coefficient (Wildman–Crippen LogP) is 2.85. The summed E-state index contributed by atoms with van der Waals surface area (Å²) in [4.78, 5) is 4.43. The summed E-state index contributed by atoms with van der Waals surface area (Å²) in [5, 5.41) is 11.4. The number of nitrogens with zero attached hydrogens (tertiary/aromatic N) is 3. The molecule has 1 aliphatic heterocycles. The monoisotopic (exact) mass is 244 g/mol. The van der Waals surface area contributed by atoms with E-state index in [2.05, 4.69) is 35.3 Å². The van der Waals surface area contributed by atoms with E-state index in [4.69, 9.17) is 5.26 Å². The quantitative estimate of drug-likeness (QED) is 0.869. The number of piperidine rings is 1. The standard InChI is InChI=1S/C14H20N4/c1-10-7-8-13(9-15)14(16-10)17-18-11(2)5-4-6-12(18)3/h7-8,11-12H,4-6H2,1-3H3,(H,16,17). The number of rotatable bonds is 2.